The van der Waals surface area contributed by atoms with Crippen molar-refractivity contribution < 1.29 is 19.5 Å². The van der Waals surface area contributed by atoms with Crippen LogP contribution in [-0.2, 0) is 14.4 Å². The van der Waals surface area contributed by atoms with Gasteiger partial charge in [0.15, 0.2) is 0 Å². The Morgan fingerprint density at radius 3 is 2.19 bits per heavy atom. The van der Waals surface area contributed by atoms with Crippen LogP contribution in [0.15, 0.2) is 0 Å². The molecule has 2 N–H and O–H groups in total. The molecule has 16 heavy (non-hydrogen) atoms. The normalized spacial score (nSPS) is 12.0. The lowest BCUT2D eigenvalue weighted by atomic mass is 10.0. The van der Waals surface area contributed by atoms with E-state index in [2.05, 4.69) is 10.6 Å². The molecule has 0 aliphatic rings. The first-order chi connectivity index (χ1) is 7.32. The van der Waals surface area contributed by atoms with Crippen LogP contribution in [0.25, 0.3) is 0 Å². The lowest BCUT2D eigenvalue weighted by molar-refractivity contribution is -0.304. The van der Waals surface area contributed by atoms with Gasteiger partial charge in [-0.15, -0.1) is 0 Å². The van der Waals surface area contributed by atoms with Gasteiger partial charge in [-0.05, 0) is 12.3 Å². The monoisotopic (exact) mass is 229 g/mol. The van der Waals surface area contributed by atoms with Crippen molar-refractivity contribution in [1.29, 1.82) is 0 Å². The van der Waals surface area contributed by atoms with Crippen LogP contribution in [0, 0.1) is 5.92 Å². The Morgan fingerprint density at radius 2 is 1.81 bits per heavy atom. The summed E-state index contributed by atoms with van der Waals surface area (Å²) in [4.78, 5) is 32.5. The molecule has 0 aromatic heterocycles. The van der Waals surface area contributed by atoms with E-state index in [4.69, 9.17) is 0 Å². The van der Waals surface area contributed by atoms with Crippen LogP contribution in [0.5, 0.6) is 0 Å². The van der Waals surface area contributed by atoms with Gasteiger partial charge in [-0.25, -0.2) is 0 Å². The van der Waals surface area contributed by atoms with Gasteiger partial charge in [0.1, 0.15) is 6.04 Å². The van der Waals surface area contributed by atoms with Crippen LogP contribution < -0.4 is 15.7 Å². The minimum absolute atomic E-state index is 0.213. The summed E-state index contributed by atoms with van der Waals surface area (Å²) in [5.41, 5.74) is 0. The maximum atomic E-state index is 11.5. The van der Waals surface area contributed by atoms with Crippen molar-refractivity contribution in [2.45, 2.75) is 33.2 Å². The summed E-state index contributed by atoms with van der Waals surface area (Å²) in [7, 11) is 0. The van der Waals surface area contributed by atoms with Gasteiger partial charge in [-0.3, -0.25) is 9.59 Å². The summed E-state index contributed by atoms with van der Waals surface area (Å²) in [5, 5.41) is 14.8. The van der Waals surface area contributed by atoms with E-state index in [1.165, 1.54) is 6.92 Å². The third-order valence-electron chi connectivity index (χ3n) is 1.81. The van der Waals surface area contributed by atoms with Crippen molar-refractivity contribution in [1.82, 2.24) is 10.6 Å². The van der Waals surface area contributed by atoms with Crippen molar-refractivity contribution in [3.63, 3.8) is 0 Å². The molecule has 6 heteroatoms. The zero-order chi connectivity index (χ0) is 12.7. The largest absolute Gasteiger partial charge is 0.548 e. The van der Waals surface area contributed by atoms with Gasteiger partial charge in [0.2, 0.25) is 11.8 Å². The second-order valence-electron chi connectivity index (χ2n) is 3.97. The lowest BCUT2D eigenvalue weighted by Gasteiger charge is -2.19. The molecule has 2 amide bonds. The maximum absolute atomic E-state index is 11.5. The molecule has 0 spiro atoms. The number of hydrogen-bond acceptors (Lipinski definition) is 4. The summed E-state index contributed by atoms with van der Waals surface area (Å²) in [5.74, 6) is -1.98. The molecule has 0 saturated carbocycles. The molecule has 6 nitrogen and oxygen atoms in total. The van der Waals surface area contributed by atoms with Crippen molar-refractivity contribution in [2.24, 2.45) is 5.92 Å². The van der Waals surface area contributed by atoms with Crippen molar-refractivity contribution >= 4 is 17.8 Å². The first-order valence-electron chi connectivity index (χ1n) is 5.07. The van der Waals surface area contributed by atoms with Crippen molar-refractivity contribution in [3.05, 3.63) is 0 Å². The lowest BCUT2D eigenvalue weighted by Crippen LogP contribution is -2.49. The van der Waals surface area contributed by atoms with Crippen molar-refractivity contribution in [2.75, 3.05) is 6.54 Å². The number of nitrogens with one attached hydrogen (secondary N) is 2. The molecule has 0 radical (unpaired) electrons. The van der Waals surface area contributed by atoms with Gasteiger partial charge in [-0.1, -0.05) is 13.8 Å². The standard InChI is InChI=1S/C10H18N2O4/c1-6(2)4-8(12-7(3)13)10(16)11-5-9(14)15/h6,8H,4-5H2,1-3H3,(H,11,16)(H,12,13)(H,14,15)/p-1/t8-/m0/s1. The van der Waals surface area contributed by atoms with Crippen LogP contribution in [0.1, 0.15) is 27.2 Å². The zero-order valence-electron chi connectivity index (χ0n) is 9.70. The van der Waals surface area contributed by atoms with E-state index < -0.39 is 24.5 Å². The average Bonchev–Trinajstić information content (AvgIpc) is 2.11. The number of carboxylic acid groups (broad SMARTS) is 1. The highest BCUT2D eigenvalue weighted by molar-refractivity contribution is 5.88. The van der Waals surface area contributed by atoms with Crippen LogP contribution in [0.4, 0.5) is 0 Å². The Kier molecular flexibility index (Phi) is 6.14. The quantitative estimate of drug-likeness (QED) is 0.573. The Labute approximate surface area is 94.4 Å². The molecule has 1 atom stereocenters. The SMILES string of the molecule is CC(=O)N[C@@H](CC(C)C)C(=O)NCC(=O)[O-]. The van der Waals surface area contributed by atoms with E-state index in [0.29, 0.717) is 6.42 Å². The third-order valence-corrected chi connectivity index (χ3v) is 1.81. The van der Waals surface area contributed by atoms with E-state index >= 15 is 0 Å². The number of carbonyl (C=O) groups excluding carboxylic acids is 3. The van der Waals surface area contributed by atoms with Gasteiger partial charge in [0, 0.05) is 6.92 Å². The molecule has 92 valence electrons. The average molecular weight is 229 g/mol. The number of hydrogen-bond donors (Lipinski definition) is 2. The van der Waals surface area contributed by atoms with E-state index in [0.717, 1.165) is 0 Å². The second kappa shape index (κ2) is 6.81. The summed E-state index contributed by atoms with van der Waals surface area (Å²) < 4.78 is 0. The molecule has 0 fully saturated rings. The van der Waals surface area contributed by atoms with E-state index in [9.17, 15) is 19.5 Å². The maximum Gasteiger partial charge on any atom is 0.242 e. The predicted octanol–water partition coefficient (Wildman–Crippen LogP) is -1.60. The smallest absolute Gasteiger partial charge is 0.242 e. The number of rotatable bonds is 6. The predicted molar refractivity (Wildman–Crippen MR) is 55.1 cm³/mol. The highest BCUT2D eigenvalue weighted by Gasteiger charge is 2.19. The highest BCUT2D eigenvalue weighted by Crippen LogP contribution is 2.04. The van der Waals surface area contributed by atoms with Crippen LogP contribution in [0.2, 0.25) is 0 Å². The van der Waals surface area contributed by atoms with Crippen LogP contribution in [-0.4, -0.2) is 30.4 Å². The molecule has 0 aliphatic carbocycles. The number of aliphatic carboxylic acids is 1. The molecular formula is C10H17N2O4-. The molecular weight excluding hydrogens is 212 g/mol. The van der Waals surface area contributed by atoms with Crippen LogP contribution in [0.3, 0.4) is 0 Å². The van der Waals surface area contributed by atoms with Gasteiger partial charge in [0.25, 0.3) is 0 Å². The van der Waals surface area contributed by atoms with Gasteiger partial charge in [0.05, 0.1) is 12.5 Å². The number of carbonyl (C=O) groups is 3. The summed E-state index contributed by atoms with van der Waals surface area (Å²) >= 11 is 0. The molecule has 0 rings (SSSR count). The Morgan fingerprint density at radius 1 is 1.25 bits per heavy atom. The third kappa shape index (κ3) is 6.80. The summed E-state index contributed by atoms with van der Waals surface area (Å²) in [6, 6.07) is -0.697. The molecule has 0 saturated heterocycles. The zero-order valence-corrected chi connectivity index (χ0v) is 9.70. The van der Waals surface area contributed by atoms with Crippen molar-refractivity contribution in [3.8, 4) is 0 Å². The molecule has 0 aliphatic heterocycles. The topological polar surface area (TPSA) is 98.3 Å². The molecule has 0 aromatic carbocycles. The Balaban J connectivity index is 4.31. The fourth-order valence-corrected chi connectivity index (χ4v) is 1.23. The van der Waals surface area contributed by atoms with Crippen LogP contribution >= 0.6 is 0 Å². The fraction of sp³-hybridized carbons (Fsp3) is 0.700. The van der Waals surface area contributed by atoms with Gasteiger partial charge < -0.3 is 20.5 Å². The second-order valence-corrected chi connectivity index (χ2v) is 3.97. The minimum Gasteiger partial charge on any atom is -0.548 e. The number of carboxylic acids is 1. The highest BCUT2D eigenvalue weighted by atomic mass is 16.4. The molecule has 0 heterocycles. The molecule has 0 aromatic rings. The Bertz CT molecular complexity index is 276. The molecule has 0 unspecified atom stereocenters. The molecule has 0 bridgehead atoms. The minimum atomic E-state index is -1.36. The van der Waals surface area contributed by atoms with E-state index in [1.54, 1.807) is 0 Å². The van der Waals surface area contributed by atoms with Gasteiger partial charge >= 0.3 is 0 Å². The summed E-state index contributed by atoms with van der Waals surface area (Å²) in [6.07, 6.45) is 0.457. The fourth-order valence-electron chi connectivity index (χ4n) is 1.23. The first-order valence-corrected chi connectivity index (χ1v) is 5.07. The number of amides is 2. The summed E-state index contributed by atoms with van der Waals surface area (Å²) in [6.45, 7) is 4.56. The first kappa shape index (κ1) is 14.4. The van der Waals surface area contributed by atoms with E-state index in [-0.39, 0.29) is 11.8 Å². The van der Waals surface area contributed by atoms with Gasteiger partial charge in [-0.2, -0.15) is 0 Å². The Hall–Kier alpha value is -1.59. The van der Waals surface area contributed by atoms with E-state index in [1.807, 2.05) is 13.8 Å².